The summed E-state index contributed by atoms with van der Waals surface area (Å²) in [6.45, 7) is 7.63. The van der Waals surface area contributed by atoms with Crippen molar-refractivity contribution in [2.24, 2.45) is 0 Å². The highest BCUT2D eigenvalue weighted by Crippen LogP contribution is 2.21. The van der Waals surface area contributed by atoms with Gasteiger partial charge in [-0.05, 0) is 18.6 Å². The first-order chi connectivity index (χ1) is 11.8. The fourth-order valence-electron chi connectivity index (χ4n) is 2.78. The first-order valence-electron chi connectivity index (χ1n) is 8.48. The highest BCUT2D eigenvalue weighted by atomic mass is 16.5. The van der Waals surface area contributed by atoms with Crippen LogP contribution in [-0.2, 0) is 11.3 Å². The average Bonchev–Trinajstić information content (AvgIpc) is 3.25. The van der Waals surface area contributed by atoms with E-state index in [1.165, 1.54) is 0 Å². The van der Waals surface area contributed by atoms with E-state index < -0.39 is 0 Å². The van der Waals surface area contributed by atoms with Crippen LogP contribution in [0.25, 0.3) is 11.5 Å². The fraction of sp³-hybridized carbons (Fsp3) is 0.529. The predicted molar refractivity (Wildman–Crippen MR) is 89.8 cm³/mol. The topological polar surface area (TPSA) is 72.5 Å². The molecule has 0 bridgehead atoms. The highest BCUT2D eigenvalue weighted by molar-refractivity contribution is 5.93. The maximum atomic E-state index is 12.4. The molecule has 0 spiro atoms. The first kappa shape index (κ1) is 16.7. The number of nitrogens with one attached hydrogen (secondary N) is 1. The summed E-state index contributed by atoms with van der Waals surface area (Å²) in [6.07, 6.45) is 2.56. The second-order valence-corrected chi connectivity index (χ2v) is 5.83. The van der Waals surface area contributed by atoms with Gasteiger partial charge < -0.3 is 14.5 Å². The van der Waals surface area contributed by atoms with E-state index >= 15 is 0 Å². The summed E-state index contributed by atoms with van der Waals surface area (Å²) in [6, 6.07) is 5.50. The van der Waals surface area contributed by atoms with Crippen LogP contribution in [0, 0.1) is 0 Å². The minimum absolute atomic E-state index is 0.147. The van der Waals surface area contributed by atoms with Gasteiger partial charge in [0.25, 0.3) is 5.91 Å². The molecule has 0 atom stereocenters. The van der Waals surface area contributed by atoms with Gasteiger partial charge in [0.15, 0.2) is 11.5 Å². The lowest BCUT2D eigenvalue weighted by atomic mass is 10.3. The lowest BCUT2D eigenvalue weighted by Gasteiger charge is -2.26. The average molecular weight is 332 g/mol. The number of hydrogen-bond donors (Lipinski definition) is 1. The number of rotatable bonds is 7. The maximum Gasteiger partial charge on any atom is 0.271 e. The molecule has 0 saturated carbocycles. The summed E-state index contributed by atoms with van der Waals surface area (Å²) < 4.78 is 12.6. The number of morpholine rings is 1. The normalized spacial score (nSPS) is 15.5. The summed E-state index contributed by atoms with van der Waals surface area (Å²) in [7, 11) is 0. The lowest BCUT2D eigenvalue weighted by molar-refractivity contribution is 0.0383. The van der Waals surface area contributed by atoms with E-state index in [4.69, 9.17) is 9.15 Å². The molecular formula is C17H24N4O3. The quantitative estimate of drug-likeness (QED) is 0.834. The number of furan rings is 1. The molecule has 2 aromatic rings. The molecule has 3 rings (SSSR count). The van der Waals surface area contributed by atoms with E-state index in [1.54, 1.807) is 12.3 Å². The van der Waals surface area contributed by atoms with Crippen molar-refractivity contribution in [3.63, 3.8) is 0 Å². The Balaban J connectivity index is 1.60. The Kier molecular flexibility index (Phi) is 5.66. The van der Waals surface area contributed by atoms with E-state index in [1.807, 2.05) is 16.8 Å². The van der Waals surface area contributed by atoms with Gasteiger partial charge in [-0.15, -0.1) is 0 Å². The van der Waals surface area contributed by atoms with Crippen LogP contribution in [0.15, 0.2) is 28.9 Å². The molecule has 1 N–H and O–H groups in total. The van der Waals surface area contributed by atoms with Crippen LogP contribution in [0.3, 0.4) is 0 Å². The summed E-state index contributed by atoms with van der Waals surface area (Å²) in [5.74, 6) is 0.578. The van der Waals surface area contributed by atoms with Crippen molar-refractivity contribution in [3.05, 3.63) is 30.2 Å². The smallest absolute Gasteiger partial charge is 0.271 e. The molecular weight excluding hydrogens is 308 g/mol. The molecule has 0 unspecified atom stereocenters. The van der Waals surface area contributed by atoms with E-state index in [0.717, 1.165) is 57.3 Å². The molecule has 7 heteroatoms. The number of ether oxygens (including phenoxy) is 1. The van der Waals surface area contributed by atoms with Crippen LogP contribution in [0.1, 0.15) is 23.8 Å². The van der Waals surface area contributed by atoms with Crippen LogP contribution in [0.2, 0.25) is 0 Å². The van der Waals surface area contributed by atoms with Crippen LogP contribution >= 0.6 is 0 Å². The third kappa shape index (κ3) is 4.04. The summed E-state index contributed by atoms with van der Waals surface area (Å²) in [5.41, 5.74) is 1.26. The Morgan fingerprint density at radius 3 is 2.88 bits per heavy atom. The molecule has 130 valence electrons. The number of hydrogen-bond acceptors (Lipinski definition) is 5. The van der Waals surface area contributed by atoms with E-state index in [9.17, 15) is 4.79 Å². The molecule has 1 fully saturated rings. The van der Waals surface area contributed by atoms with Crippen molar-refractivity contribution in [1.29, 1.82) is 0 Å². The van der Waals surface area contributed by atoms with Crippen molar-refractivity contribution in [1.82, 2.24) is 20.0 Å². The molecule has 1 saturated heterocycles. The summed E-state index contributed by atoms with van der Waals surface area (Å²) in [4.78, 5) is 14.7. The van der Waals surface area contributed by atoms with Gasteiger partial charge >= 0.3 is 0 Å². The van der Waals surface area contributed by atoms with Crippen molar-refractivity contribution in [3.8, 4) is 11.5 Å². The van der Waals surface area contributed by atoms with Gasteiger partial charge in [0, 0.05) is 38.8 Å². The van der Waals surface area contributed by atoms with E-state index in [0.29, 0.717) is 12.2 Å². The molecule has 0 aromatic carbocycles. The van der Waals surface area contributed by atoms with Gasteiger partial charge in [-0.2, -0.15) is 5.10 Å². The Hall–Kier alpha value is -2.12. The number of carbonyl (C=O) groups is 1. The minimum Gasteiger partial charge on any atom is -0.463 e. The van der Waals surface area contributed by atoms with Crippen LogP contribution in [-0.4, -0.2) is 60.0 Å². The number of amides is 1. The molecule has 0 radical (unpaired) electrons. The second-order valence-electron chi connectivity index (χ2n) is 5.83. The van der Waals surface area contributed by atoms with Crippen molar-refractivity contribution >= 4 is 5.91 Å². The van der Waals surface area contributed by atoms with Crippen molar-refractivity contribution < 1.29 is 13.9 Å². The third-order valence-corrected chi connectivity index (χ3v) is 4.04. The molecule has 1 amide bonds. The first-order valence-corrected chi connectivity index (χ1v) is 8.48. The molecule has 7 nitrogen and oxygen atoms in total. The van der Waals surface area contributed by atoms with Gasteiger partial charge in [-0.25, -0.2) is 0 Å². The van der Waals surface area contributed by atoms with Gasteiger partial charge in [-0.1, -0.05) is 6.92 Å². The zero-order valence-corrected chi connectivity index (χ0v) is 14.0. The van der Waals surface area contributed by atoms with Gasteiger partial charge in [0.2, 0.25) is 0 Å². The molecule has 0 aliphatic carbocycles. The second kappa shape index (κ2) is 8.12. The number of nitrogens with zero attached hydrogens (tertiary/aromatic N) is 3. The van der Waals surface area contributed by atoms with Crippen LogP contribution in [0.4, 0.5) is 0 Å². The SMILES string of the molecule is CCCn1nc(C(=O)NCCN2CCOCC2)cc1-c1ccco1. The number of carbonyl (C=O) groups excluding carboxylic acids is 1. The maximum absolute atomic E-state index is 12.4. The Morgan fingerprint density at radius 2 is 2.17 bits per heavy atom. The monoisotopic (exact) mass is 332 g/mol. The number of aromatic nitrogens is 2. The molecule has 24 heavy (non-hydrogen) atoms. The van der Waals surface area contributed by atoms with E-state index in [-0.39, 0.29) is 5.91 Å². The molecule has 3 heterocycles. The summed E-state index contributed by atoms with van der Waals surface area (Å²) >= 11 is 0. The van der Waals surface area contributed by atoms with Gasteiger partial charge in [0.05, 0.1) is 19.5 Å². The Morgan fingerprint density at radius 1 is 1.33 bits per heavy atom. The third-order valence-electron chi connectivity index (χ3n) is 4.04. The zero-order valence-electron chi connectivity index (χ0n) is 14.0. The van der Waals surface area contributed by atoms with Crippen LogP contribution in [0.5, 0.6) is 0 Å². The van der Waals surface area contributed by atoms with Gasteiger partial charge in [0.1, 0.15) is 5.69 Å². The fourth-order valence-corrected chi connectivity index (χ4v) is 2.78. The lowest BCUT2D eigenvalue weighted by Crippen LogP contribution is -2.41. The zero-order chi connectivity index (χ0) is 16.8. The van der Waals surface area contributed by atoms with E-state index in [2.05, 4.69) is 22.2 Å². The highest BCUT2D eigenvalue weighted by Gasteiger charge is 2.17. The number of aryl methyl sites for hydroxylation is 1. The van der Waals surface area contributed by atoms with Gasteiger partial charge in [-0.3, -0.25) is 14.4 Å². The Labute approximate surface area is 141 Å². The van der Waals surface area contributed by atoms with Crippen LogP contribution < -0.4 is 5.32 Å². The molecule has 2 aromatic heterocycles. The Bertz CT molecular complexity index is 645. The largest absolute Gasteiger partial charge is 0.463 e. The van der Waals surface area contributed by atoms with Crippen molar-refractivity contribution in [2.45, 2.75) is 19.9 Å². The minimum atomic E-state index is -0.147. The summed E-state index contributed by atoms with van der Waals surface area (Å²) in [5, 5.41) is 7.38. The predicted octanol–water partition coefficient (Wildman–Crippen LogP) is 1.62. The van der Waals surface area contributed by atoms with Crippen molar-refractivity contribution in [2.75, 3.05) is 39.4 Å². The molecule has 1 aliphatic rings. The standard InChI is InChI=1S/C17H24N4O3/c1-2-6-21-15(16-4-3-10-24-16)13-14(19-21)17(22)18-5-7-20-8-11-23-12-9-20/h3-4,10,13H,2,5-9,11-12H2,1H3,(H,18,22). The molecule has 1 aliphatic heterocycles.